The average molecular weight is 340 g/mol. The number of carbonyl (C=O) groups is 2. The van der Waals surface area contributed by atoms with E-state index in [4.69, 9.17) is 4.74 Å². The normalized spacial score (nSPS) is 16.0. The summed E-state index contributed by atoms with van der Waals surface area (Å²) in [7, 11) is 1.72. The molecular weight excluding hydrogens is 320 g/mol. The average Bonchev–Trinajstić information content (AvgIpc) is 2.65. The number of amides is 1. The highest BCUT2D eigenvalue weighted by Gasteiger charge is 2.27. The van der Waals surface area contributed by atoms with Gasteiger partial charge in [-0.2, -0.15) is 4.73 Å². The third-order valence-corrected chi connectivity index (χ3v) is 4.56. The largest absolute Gasteiger partial charge is 0.618 e. The second-order valence-corrected chi connectivity index (χ2v) is 6.10. The quantitative estimate of drug-likeness (QED) is 0.485. The number of aryl methyl sites for hydroxylation is 1. The van der Waals surface area contributed by atoms with Gasteiger partial charge in [-0.05, 0) is 36.5 Å². The lowest BCUT2D eigenvalue weighted by molar-refractivity contribution is -0.608. The number of pyridine rings is 1. The SMILES string of the molecule is CN(C(=O)COC(=O)c1cccc[n+]1[O-])[C@@H]1CCCc2ccccc21. The van der Waals surface area contributed by atoms with Crippen LogP contribution in [0.1, 0.15) is 40.5 Å². The number of aromatic nitrogens is 1. The van der Waals surface area contributed by atoms with Gasteiger partial charge in [-0.25, -0.2) is 4.79 Å². The minimum atomic E-state index is -0.804. The molecule has 3 rings (SSSR count). The van der Waals surface area contributed by atoms with Crippen molar-refractivity contribution in [3.8, 4) is 0 Å². The maximum Gasteiger partial charge on any atom is 0.405 e. The first-order valence-electron chi connectivity index (χ1n) is 8.26. The van der Waals surface area contributed by atoms with E-state index in [0.29, 0.717) is 4.73 Å². The molecule has 0 bridgehead atoms. The van der Waals surface area contributed by atoms with Gasteiger partial charge in [0.1, 0.15) is 0 Å². The number of ether oxygens (including phenoxy) is 1. The van der Waals surface area contributed by atoms with E-state index in [9.17, 15) is 14.8 Å². The van der Waals surface area contributed by atoms with Crippen LogP contribution in [0.4, 0.5) is 0 Å². The predicted molar refractivity (Wildman–Crippen MR) is 90.6 cm³/mol. The number of rotatable bonds is 4. The van der Waals surface area contributed by atoms with Gasteiger partial charge >= 0.3 is 11.7 Å². The third kappa shape index (κ3) is 3.63. The zero-order valence-electron chi connectivity index (χ0n) is 14.1. The number of esters is 1. The van der Waals surface area contributed by atoms with Crippen molar-refractivity contribution in [1.29, 1.82) is 0 Å². The van der Waals surface area contributed by atoms with Crippen LogP contribution in [0.25, 0.3) is 0 Å². The fraction of sp³-hybridized carbons (Fsp3) is 0.316. The Hall–Kier alpha value is -2.89. The van der Waals surface area contributed by atoms with Crippen molar-refractivity contribution < 1.29 is 19.1 Å². The summed E-state index contributed by atoms with van der Waals surface area (Å²) in [6.07, 6.45) is 4.12. The predicted octanol–water partition coefficient (Wildman–Crippen LogP) is 2.01. The molecule has 1 aromatic heterocycles. The Morgan fingerprint density at radius 3 is 2.80 bits per heavy atom. The van der Waals surface area contributed by atoms with Gasteiger partial charge in [-0.1, -0.05) is 24.3 Å². The Morgan fingerprint density at radius 2 is 2.00 bits per heavy atom. The lowest BCUT2D eigenvalue weighted by atomic mass is 9.87. The number of hydrogen-bond donors (Lipinski definition) is 0. The molecule has 1 atom stereocenters. The Labute approximate surface area is 146 Å². The molecule has 1 amide bonds. The van der Waals surface area contributed by atoms with Crippen molar-refractivity contribution in [2.45, 2.75) is 25.3 Å². The van der Waals surface area contributed by atoms with Crippen molar-refractivity contribution in [1.82, 2.24) is 4.90 Å². The van der Waals surface area contributed by atoms with Crippen LogP contribution in [0.3, 0.4) is 0 Å². The maximum atomic E-state index is 12.4. The van der Waals surface area contributed by atoms with E-state index >= 15 is 0 Å². The van der Waals surface area contributed by atoms with Gasteiger partial charge in [0.25, 0.3) is 5.91 Å². The first-order valence-corrected chi connectivity index (χ1v) is 8.26. The molecule has 2 aromatic rings. The summed E-state index contributed by atoms with van der Waals surface area (Å²) in [4.78, 5) is 26.0. The zero-order valence-corrected chi connectivity index (χ0v) is 14.1. The standard InChI is InChI=1S/C19H20N2O4/c1-20(16-11-6-8-14-7-2-3-9-15(14)16)18(22)13-25-19(23)17-10-4-5-12-21(17)24/h2-5,7,9-10,12,16H,6,8,11,13H2,1H3/t16-/m1/s1. The molecule has 6 heteroatoms. The fourth-order valence-corrected chi connectivity index (χ4v) is 3.19. The van der Waals surface area contributed by atoms with Gasteiger partial charge in [-0.3, -0.25) is 4.79 Å². The first-order chi connectivity index (χ1) is 12.1. The molecule has 1 aromatic carbocycles. The van der Waals surface area contributed by atoms with Crippen molar-refractivity contribution in [3.63, 3.8) is 0 Å². The summed E-state index contributed by atoms with van der Waals surface area (Å²) in [5, 5.41) is 11.5. The molecule has 0 unspecified atom stereocenters. The second kappa shape index (κ2) is 7.34. The van der Waals surface area contributed by atoms with Crippen LogP contribution in [0.5, 0.6) is 0 Å². The summed E-state index contributed by atoms with van der Waals surface area (Å²) in [6, 6.07) is 12.5. The van der Waals surface area contributed by atoms with E-state index < -0.39 is 5.97 Å². The fourth-order valence-electron chi connectivity index (χ4n) is 3.19. The van der Waals surface area contributed by atoms with E-state index in [2.05, 4.69) is 6.07 Å². The van der Waals surface area contributed by atoms with Gasteiger partial charge in [0.05, 0.1) is 6.04 Å². The number of likely N-dealkylation sites (N-methyl/N-ethyl adjacent to an activating group) is 1. The first kappa shape index (κ1) is 17.0. The molecule has 0 spiro atoms. The summed E-state index contributed by atoms with van der Waals surface area (Å²) >= 11 is 0. The van der Waals surface area contributed by atoms with Crippen molar-refractivity contribution in [2.24, 2.45) is 0 Å². The molecule has 0 radical (unpaired) electrons. The molecule has 0 N–H and O–H groups in total. The van der Waals surface area contributed by atoms with Crippen molar-refractivity contribution in [3.05, 3.63) is 70.7 Å². The highest BCUT2D eigenvalue weighted by atomic mass is 16.5. The molecule has 6 nitrogen and oxygen atoms in total. The molecule has 130 valence electrons. The lowest BCUT2D eigenvalue weighted by Crippen LogP contribution is -2.38. The number of benzene rings is 1. The van der Waals surface area contributed by atoms with Gasteiger partial charge in [0.15, 0.2) is 12.8 Å². The Balaban J connectivity index is 1.64. The molecule has 0 fully saturated rings. The smallest absolute Gasteiger partial charge is 0.405 e. The molecule has 1 heterocycles. The van der Waals surface area contributed by atoms with E-state index in [1.54, 1.807) is 18.0 Å². The number of carbonyl (C=O) groups excluding carboxylic acids is 2. The van der Waals surface area contributed by atoms with Crippen molar-refractivity contribution >= 4 is 11.9 Å². The summed E-state index contributed by atoms with van der Waals surface area (Å²) in [5.74, 6) is -1.09. The Bertz CT molecular complexity index is 790. The minimum Gasteiger partial charge on any atom is -0.618 e. The molecule has 0 aliphatic heterocycles. The molecule has 0 saturated heterocycles. The summed E-state index contributed by atoms with van der Waals surface area (Å²) < 4.78 is 5.44. The summed E-state index contributed by atoms with van der Waals surface area (Å²) in [6.45, 7) is -0.386. The van der Waals surface area contributed by atoms with Crippen LogP contribution in [0, 0.1) is 5.21 Å². The van der Waals surface area contributed by atoms with Gasteiger partial charge in [0, 0.05) is 19.2 Å². The summed E-state index contributed by atoms with van der Waals surface area (Å²) in [5.41, 5.74) is 2.27. The minimum absolute atomic E-state index is 0.0164. The second-order valence-electron chi connectivity index (χ2n) is 6.10. The Morgan fingerprint density at radius 1 is 1.24 bits per heavy atom. The maximum absolute atomic E-state index is 12.4. The van der Waals surface area contributed by atoms with Gasteiger partial charge < -0.3 is 14.8 Å². The highest BCUT2D eigenvalue weighted by Crippen LogP contribution is 2.33. The number of fused-ring (bicyclic) bond motifs is 1. The van der Waals surface area contributed by atoms with Crippen LogP contribution in [0.15, 0.2) is 48.7 Å². The molecule has 25 heavy (non-hydrogen) atoms. The van der Waals surface area contributed by atoms with Crippen LogP contribution in [-0.2, 0) is 16.0 Å². The van der Waals surface area contributed by atoms with E-state index in [1.165, 1.54) is 23.9 Å². The van der Waals surface area contributed by atoms with Gasteiger partial charge in [-0.15, -0.1) is 0 Å². The number of nitrogens with zero attached hydrogens (tertiary/aromatic N) is 2. The molecular formula is C19H20N2O4. The topological polar surface area (TPSA) is 73.5 Å². The van der Waals surface area contributed by atoms with Gasteiger partial charge in [0.2, 0.25) is 0 Å². The molecule has 1 aliphatic carbocycles. The van der Waals surface area contributed by atoms with E-state index in [0.717, 1.165) is 24.8 Å². The molecule has 1 aliphatic rings. The zero-order chi connectivity index (χ0) is 17.8. The Kier molecular flexibility index (Phi) is 4.97. The van der Waals surface area contributed by atoms with Crippen LogP contribution >= 0.6 is 0 Å². The van der Waals surface area contributed by atoms with Crippen LogP contribution in [-0.4, -0.2) is 30.4 Å². The van der Waals surface area contributed by atoms with E-state index in [1.807, 2.05) is 18.2 Å². The van der Waals surface area contributed by atoms with Crippen LogP contribution in [0.2, 0.25) is 0 Å². The van der Waals surface area contributed by atoms with E-state index in [-0.39, 0.29) is 24.2 Å². The third-order valence-electron chi connectivity index (χ3n) is 4.56. The highest BCUT2D eigenvalue weighted by molar-refractivity contribution is 5.88. The lowest BCUT2D eigenvalue weighted by Gasteiger charge is -2.33. The van der Waals surface area contributed by atoms with Crippen molar-refractivity contribution in [2.75, 3.05) is 13.7 Å². The number of hydrogen-bond acceptors (Lipinski definition) is 4. The molecule has 0 saturated carbocycles. The van der Waals surface area contributed by atoms with Crippen LogP contribution < -0.4 is 4.73 Å². The monoisotopic (exact) mass is 340 g/mol.